The summed E-state index contributed by atoms with van der Waals surface area (Å²) in [5.41, 5.74) is 3.50. The van der Waals surface area contributed by atoms with Crippen LogP contribution in [-0.2, 0) is 16.1 Å². The molecule has 7 heteroatoms. The highest BCUT2D eigenvalue weighted by Crippen LogP contribution is 2.42. The topological polar surface area (TPSA) is 81.5 Å². The van der Waals surface area contributed by atoms with Crippen LogP contribution < -0.4 is 15.1 Å². The summed E-state index contributed by atoms with van der Waals surface area (Å²) >= 11 is 0. The number of rotatable bonds is 3. The number of carbonyl (C=O) groups is 1. The number of fused-ring (bicyclic) bond motifs is 2. The van der Waals surface area contributed by atoms with Crippen molar-refractivity contribution >= 4 is 28.8 Å². The Hall–Kier alpha value is -3.11. The van der Waals surface area contributed by atoms with Gasteiger partial charge in [0, 0.05) is 43.6 Å². The van der Waals surface area contributed by atoms with Crippen molar-refractivity contribution in [3.05, 3.63) is 42.1 Å². The fraction of sp³-hybridized carbons (Fsp3) is 0.480. The number of nitrogens with one attached hydrogen (secondary N) is 1. The van der Waals surface area contributed by atoms with Crippen LogP contribution in [0.1, 0.15) is 38.2 Å². The van der Waals surface area contributed by atoms with E-state index in [4.69, 9.17) is 4.74 Å². The fourth-order valence-electron chi connectivity index (χ4n) is 5.12. The normalized spacial score (nSPS) is 23.7. The van der Waals surface area contributed by atoms with Crippen LogP contribution in [0.15, 0.2) is 36.5 Å². The molecule has 0 bridgehead atoms. The van der Waals surface area contributed by atoms with E-state index >= 15 is 0 Å². The number of hydrogen-bond donors (Lipinski definition) is 1. The van der Waals surface area contributed by atoms with E-state index in [2.05, 4.69) is 33.4 Å². The minimum atomic E-state index is -0.305. The van der Waals surface area contributed by atoms with E-state index in [1.807, 2.05) is 30.0 Å². The fourth-order valence-corrected chi connectivity index (χ4v) is 5.12. The number of methoxy groups -OCH3 is 1. The molecule has 166 valence electrons. The molecule has 2 fully saturated rings. The Kier molecular flexibility index (Phi) is 5.26. The van der Waals surface area contributed by atoms with Gasteiger partial charge < -0.3 is 19.9 Å². The average Bonchev–Trinajstić information content (AvgIpc) is 2.98. The SMILES string of the molecule is CO[C@H]1CC[C@H](C(=O)N2Cc3cccnc3Nc3ccc(N4CC(C)(C#N)C4)cc32)CC1. The smallest absolute Gasteiger partial charge is 0.230 e. The number of aromatic nitrogens is 1. The van der Waals surface area contributed by atoms with E-state index < -0.39 is 0 Å². The summed E-state index contributed by atoms with van der Waals surface area (Å²) in [7, 11) is 1.75. The molecule has 1 saturated carbocycles. The van der Waals surface area contributed by atoms with Crippen LogP contribution >= 0.6 is 0 Å². The Morgan fingerprint density at radius 1 is 1.25 bits per heavy atom. The number of benzene rings is 1. The van der Waals surface area contributed by atoms with Crippen molar-refractivity contribution in [2.24, 2.45) is 11.3 Å². The van der Waals surface area contributed by atoms with Gasteiger partial charge in [0.15, 0.2) is 0 Å². The Bertz CT molecular complexity index is 1060. The van der Waals surface area contributed by atoms with Crippen molar-refractivity contribution in [1.29, 1.82) is 5.26 Å². The van der Waals surface area contributed by atoms with Gasteiger partial charge in [0.25, 0.3) is 0 Å². The molecule has 1 N–H and O–H groups in total. The van der Waals surface area contributed by atoms with Crippen LogP contribution in [0.25, 0.3) is 0 Å². The van der Waals surface area contributed by atoms with Crippen LogP contribution in [0.3, 0.4) is 0 Å². The summed E-state index contributed by atoms with van der Waals surface area (Å²) in [5.74, 6) is 0.963. The third kappa shape index (κ3) is 3.69. The lowest BCUT2D eigenvalue weighted by atomic mass is 9.83. The van der Waals surface area contributed by atoms with Crippen LogP contribution in [0.4, 0.5) is 22.9 Å². The molecule has 1 aliphatic carbocycles. The van der Waals surface area contributed by atoms with Crippen LogP contribution in [0.2, 0.25) is 0 Å². The van der Waals surface area contributed by atoms with Gasteiger partial charge in [-0.3, -0.25) is 4.79 Å². The lowest BCUT2D eigenvalue weighted by molar-refractivity contribution is -0.124. The van der Waals surface area contributed by atoms with Crippen LogP contribution in [0, 0.1) is 22.7 Å². The van der Waals surface area contributed by atoms with Gasteiger partial charge in [0.1, 0.15) is 5.82 Å². The van der Waals surface area contributed by atoms with Gasteiger partial charge in [-0.25, -0.2) is 4.98 Å². The average molecular weight is 432 g/mol. The van der Waals surface area contributed by atoms with Crippen molar-refractivity contribution in [1.82, 2.24) is 4.98 Å². The molecular weight excluding hydrogens is 402 g/mol. The van der Waals surface area contributed by atoms with Crippen molar-refractivity contribution in [3.8, 4) is 6.07 Å². The third-order valence-corrected chi connectivity index (χ3v) is 7.08. The maximum absolute atomic E-state index is 13.8. The van der Waals surface area contributed by atoms with Crippen LogP contribution in [0.5, 0.6) is 0 Å². The summed E-state index contributed by atoms with van der Waals surface area (Å²) in [6.45, 7) is 3.88. The molecule has 0 radical (unpaired) electrons. The molecule has 0 spiro atoms. The zero-order valence-corrected chi connectivity index (χ0v) is 18.7. The Labute approximate surface area is 189 Å². The Balaban J connectivity index is 1.48. The summed E-state index contributed by atoms with van der Waals surface area (Å²) < 4.78 is 5.50. The number of hydrogen-bond acceptors (Lipinski definition) is 6. The van der Waals surface area contributed by atoms with Gasteiger partial charge in [-0.15, -0.1) is 0 Å². The van der Waals surface area contributed by atoms with Crippen molar-refractivity contribution < 1.29 is 9.53 Å². The van der Waals surface area contributed by atoms with E-state index in [0.29, 0.717) is 19.6 Å². The first-order chi connectivity index (χ1) is 15.5. The van der Waals surface area contributed by atoms with Crippen molar-refractivity contribution in [2.45, 2.75) is 45.3 Å². The quantitative estimate of drug-likeness (QED) is 0.783. The first-order valence-electron chi connectivity index (χ1n) is 11.3. The minimum Gasteiger partial charge on any atom is -0.381 e. The molecule has 5 rings (SSSR count). The molecule has 0 unspecified atom stereocenters. The number of carbonyl (C=O) groups excluding carboxylic acids is 1. The monoisotopic (exact) mass is 431 g/mol. The van der Waals surface area contributed by atoms with Gasteiger partial charge in [0.2, 0.25) is 5.91 Å². The number of amides is 1. The van der Waals surface area contributed by atoms with Gasteiger partial charge in [0.05, 0.1) is 35.5 Å². The second-order valence-electron chi connectivity index (χ2n) is 9.50. The molecule has 3 heterocycles. The molecule has 1 amide bonds. The van der Waals surface area contributed by atoms with Crippen molar-refractivity contribution in [3.63, 3.8) is 0 Å². The Morgan fingerprint density at radius 3 is 2.75 bits per heavy atom. The summed E-state index contributed by atoms with van der Waals surface area (Å²) in [4.78, 5) is 22.4. The number of ether oxygens (including phenoxy) is 1. The molecule has 0 atom stereocenters. The van der Waals surface area contributed by atoms with Gasteiger partial charge >= 0.3 is 0 Å². The van der Waals surface area contributed by atoms with Crippen molar-refractivity contribution in [2.75, 3.05) is 35.3 Å². The predicted octanol–water partition coefficient (Wildman–Crippen LogP) is 4.23. The number of pyridine rings is 1. The lowest BCUT2D eigenvalue weighted by Gasteiger charge is -2.45. The number of nitrogens with zero attached hydrogens (tertiary/aromatic N) is 4. The van der Waals surface area contributed by atoms with E-state index in [-0.39, 0.29) is 23.3 Å². The summed E-state index contributed by atoms with van der Waals surface area (Å²) in [6.07, 6.45) is 5.57. The number of nitriles is 1. The molecular formula is C25H29N5O2. The van der Waals surface area contributed by atoms with Gasteiger partial charge in [-0.2, -0.15) is 5.26 Å². The molecule has 2 aliphatic heterocycles. The van der Waals surface area contributed by atoms with E-state index in [1.54, 1.807) is 13.3 Å². The summed E-state index contributed by atoms with van der Waals surface area (Å²) in [6, 6.07) is 12.5. The number of anilines is 4. The van der Waals surface area contributed by atoms with Gasteiger partial charge in [-0.1, -0.05) is 6.07 Å². The lowest BCUT2D eigenvalue weighted by Crippen LogP contribution is -2.54. The second-order valence-corrected chi connectivity index (χ2v) is 9.50. The summed E-state index contributed by atoms with van der Waals surface area (Å²) in [5, 5.41) is 12.8. The molecule has 1 aromatic heterocycles. The van der Waals surface area contributed by atoms with Gasteiger partial charge in [-0.05, 0) is 56.9 Å². The van der Waals surface area contributed by atoms with E-state index in [1.165, 1.54) is 0 Å². The largest absolute Gasteiger partial charge is 0.381 e. The predicted molar refractivity (Wildman–Crippen MR) is 124 cm³/mol. The molecule has 1 aromatic carbocycles. The third-order valence-electron chi connectivity index (χ3n) is 7.08. The highest BCUT2D eigenvalue weighted by atomic mass is 16.5. The molecule has 3 aliphatic rings. The maximum Gasteiger partial charge on any atom is 0.230 e. The maximum atomic E-state index is 13.8. The Morgan fingerprint density at radius 2 is 2.03 bits per heavy atom. The first kappa shape index (κ1) is 20.8. The zero-order valence-electron chi connectivity index (χ0n) is 18.7. The first-order valence-corrected chi connectivity index (χ1v) is 11.3. The standard InChI is InChI=1S/C25H29N5O2/c1-25(14-26)15-29(16-25)19-7-10-21-22(12-19)30(13-18-4-3-11-27-23(18)28-21)24(31)17-5-8-20(32-2)9-6-17/h3-4,7,10-12,17,20H,5-6,8-9,13,15-16H2,1-2H3,(H,27,28)/t17-,20-. The minimum absolute atomic E-state index is 0.00187. The molecule has 7 nitrogen and oxygen atoms in total. The zero-order chi connectivity index (χ0) is 22.3. The second kappa shape index (κ2) is 8.10. The highest BCUT2D eigenvalue weighted by molar-refractivity contribution is 6.00. The van der Waals surface area contributed by atoms with E-state index in [0.717, 1.165) is 54.1 Å². The van der Waals surface area contributed by atoms with E-state index in [9.17, 15) is 10.1 Å². The molecule has 32 heavy (non-hydrogen) atoms. The molecule has 2 aromatic rings. The molecule has 1 saturated heterocycles. The van der Waals surface area contributed by atoms with Crippen LogP contribution in [-0.4, -0.2) is 37.2 Å². The highest BCUT2D eigenvalue weighted by Gasteiger charge is 2.40.